The molecule has 6 rings (SSSR count). The van der Waals surface area contributed by atoms with E-state index in [0.717, 1.165) is 52.1 Å². The fourth-order valence-corrected chi connectivity index (χ4v) is 4.88. The number of benzene rings is 1. The Morgan fingerprint density at radius 2 is 1.80 bits per heavy atom. The van der Waals surface area contributed by atoms with Crippen molar-refractivity contribution in [1.29, 1.82) is 0 Å². The summed E-state index contributed by atoms with van der Waals surface area (Å²) in [6.45, 7) is 0. The summed E-state index contributed by atoms with van der Waals surface area (Å²) in [6, 6.07) is 9.87. The number of rotatable bonds is 4. The van der Waals surface area contributed by atoms with E-state index >= 15 is 0 Å². The fraction of sp³-hybridized carbons (Fsp3) is 0.381. The summed E-state index contributed by atoms with van der Waals surface area (Å²) in [5, 5.41) is 32.8. The van der Waals surface area contributed by atoms with Gasteiger partial charge in [0.1, 0.15) is 11.5 Å². The molecule has 3 atom stereocenters. The van der Waals surface area contributed by atoms with Gasteiger partial charge < -0.3 is 10.6 Å². The van der Waals surface area contributed by atoms with Crippen molar-refractivity contribution < 1.29 is 0 Å². The number of anilines is 1. The first-order valence-electron chi connectivity index (χ1n) is 10.4. The molecular formula is C21H23N9. The second-order valence-electron chi connectivity index (χ2n) is 8.35. The minimum absolute atomic E-state index is 0.467. The van der Waals surface area contributed by atoms with Crippen molar-refractivity contribution in [2.75, 3.05) is 5.32 Å². The highest BCUT2D eigenvalue weighted by molar-refractivity contribution is 6.01. The van der Waals surface area contributed by atoms with Crippen molar-refractivity contribution >= 4 is 16.7 Å². The number of H-pyrrole nitrogens is 1. The highest BCUT2D eigenvalue weighted by Gasteiger charge is 2.33. The van der Waals surface area contributed by atoms with Gasteiger partial charge in [0.15, 0.2) is 0 Å². The number of aryl methyl sites for hydroxylation is 1. The number of aromatic nitrogens is 7. The van der Waals surface area contributed by atoms with E-state index in [-0.39, 0.29) is 0 Å². The minimum Gasteiger partial charge on any atom is -0.366 e. The number of nitrogens with one attached hydrogen (secondary N) is 3. The van der Waals surface area contributed by atoms with E-state index in [2.05, 4.69) is 41.3 Å². The van der Waals surface area contributed by atoms with Crippen molar-refractivity contribution in [1.82, 2.24) is 40.7 Å². The lowest BCUT2D eigenvalue weighted by Gasteiger charge is -2.29. The first-order valence-corrected chi connectivity index (χ1v) is 10.4. The van der Waals surface area contributed by atoms with Gasteiger partial charge in [-0.05, 0) is 43.9 Å². The van der Waals surface area contributed by atoms with Crippen LogP contribution in [0.15, 0.2) is 36.7 Å². The largest absolute Gasteiger partial charge is 0.366 e. The third kappa shape index (κ3) is 3.02. The van der Waals surface area contributed by atoms with Crippen LogP contribution in [0.2, 0.25) is 0 Å². The van der Waals surface area contributed by atoms with Gasteiger partial charge in [0, 0.05) is 41.7 Å². The maximum Gasteiger partial charge on any atom is 0.148 e. The normalized spacial score (nSPS) is 23.2. The number of fused-ring (bicyclic) bond motifs is 3. The van der Waals surface area contributed by atoms with Gasteiger partial charge in [0.2, 0.25) is 0 Å². The van der Waals surface area contributed by atoms with Crippen LogP contribution in [-0.4, -0.2) is 53.5 Å². The smallest absolute Gasteiger partial charge is 0.148 e. The molecule has 2 aliphatic heterocycles. The predicted octanol–water partition coefficient (Wildman–Crippen LogP) is 2.51. The van der Waals surface area contributed by atoms with Gasteiger partial charge in [-0.2, -0.15) is 5.10 Å². The molecule has 0 saturated carbocycles. The van der Waals surface area contributed by atoms with Crippen LogP contribution in [0, 0.1) is 0 Å². The zero-order valence-corrected chi connectivity index (χ0v) is 16.7. The molecule has 2 aliphatic rings. The summed E-state index contributed by atoms with van der Waals surface area (Å²) < 4.78 is 1.69. The van der Waals surface area contributed by atoms with Crippen LogP contribution in [0.4, 0.5) is 5.82 Å². The van der Waals surface area contributed by atoms with Crippen LogP contribution >= 0.6 is 0 Å². The second kappa shape index (κ2) is 6.88. The molecule has 2 saturated heterocycles. The maximum absolute atomic E-state index is 4.50. The third-order valence-corrected chi connectivity index (χ3v) is 6.26. The van der Waals surface area contributed by atoms with E-state index in [0.29, 0.717) is 18.1 Å². The molecule has 0 radical (unpaired) electrons. The molecule has 2 bridgehead atoms. The summed E-state index contributed by atoms with van der Waals surface area (Å²) in [5.41, 5.74) is 4.50. The molecule has 0 aliphatic carbocycles. The topological polar surface area (TPSA) is 109 Å². The monoisotopic (exact) mass is 401 g/mol. The van der Waals surface area contributed by atoms with Gasteiger partial charge in [-0.25, -0.2) is 0 Å². The summed E-state index contributed by atoms with van der Waals surface area (Å²) in [5.74, 6) is 0.835. The van der Waals surface area contributed by atoms with Crippen LogP contribution in [-0.2, 0) is 7.05 Å². The van der Waals surface area contributed by atoms with Gasteiger partial charge in [-0.1, -0.05) is 11.3 Å². The van der Waals surface area contributed by atoms with Gasteiger partial charge in [0.05, 0.1) is 23.6 Å². The first-order chi connectivity index (χ1) is 14.7. The van der Waals surface area contributed by atoms with Gasteiger partial charge in [-0.3, -0.25) is 9.78 Å². The molecule has 152 valence electrons. The summed E-state index contributed by atoms with van der Waals surface area (Å²) in [7, 11) is 1.86. The first kappa shape index (κ1) is 17.5. The highest BCUT2D eigenvalue weighted by atomic mass is 15.4. The van der Waals surface area contributed by atoms with E-state index < -0.39 is 0 Å². The number of nitrogens with zero attached hydrogens (tertiary/aromatic N) is 6. The molecule has 1 aromatic carbocycles. The van der Waals surface area contributed by atoms with Gasteiger partial charge >= 0.3 is 0 Å². The van der Waals surface area contributed by atoms with Crippen LogP contribution in [0.3, 0.4) is 0 Å². The third-order valence-electron chi connectivity index (χ3n) is 6.26. The molecule has 4 aromatic rings. The average molecular weight is 401 g/mol. The van der Waals surface area contributed by atoms with Crippen molar-refractivity contribution in [3.8, 4) is 22.5 Å². The van der Waals surface area contributed by atoms with E-state index in [1.165, 1.54) is 12.8 Å². The Kier molecular flexibility index (Phi) is 4.02. The molecule has 3 aromatic heterocycles. The molecule has 2 fully saturated rings. The molecule has 0 spiro atoms. The standard InChI is InChI=1S/C21H23N9/c1-30-11-19(26-29-30)15-4-5-16(21-17(15)10-22-28-21)18-6-7-20(27-25-18)24-14-8-12-2-3-13(9-14)23-12/h4-7,10-14,23H,2-3,8-9H2,1H3,(H,22,28)(H,24,27)/t12-,13+,14?. The maximum atomic E-state index is 4.50. The minimum atomic E-state index is 0.467. The molecule has 9 nitrogen and oxygen atoms in total. The summed E-state index contributed by atoms with van der Waals surface area (Å²) in [6.07, 6.45) is 8.60. The van der Waals surface area contributed by atoms with Crippen LogP contribution in [0.1, 0.15) is 25.7 Å². The van der Waals surface area contributed by atoms with Crippen molar-refractivity contribution in [2.24, 2.45) is 7.05 Å². The highest BCUT2D eigenvalue weighted by Crippen LogP contribution is 2.33. The lowest BCUT2D eigenvalue weighted by Crippen LogP contribution is -2.43. The number of aromatic amines is 1. The van der Waals surface area contributed by atoms with Crippen LogP contribution < -0.4 is 10.6 Å². The van der Waals surface area contributed by atoms with Crippen LogP contribution in [0.25, 0.3) is 33.4 Å². The Balaban J connectivity index is 1.27. The van der Waals surface area contributed by atoms with Crippen molar-refractivity contribution in [3.05, 3.63) is 36.7 Å². The SMILES string of the molecule is Cn1cc(-c2ccc(-c3ccc(NC4C[C@H]5CC[C@@H](C4)N5)nn3)c3[nH]ncc23)nn1. The zero-order valence-electron chi connectivity index (χ0n) is 16.7. The summed E-state index contributed by atoms with van der Waals surface area (Å²) >= 11 is 0. The van der Waals surface area contributed by atoms with E-state index in [9.17, 15) is 0 Å². The fourth-order valence-electron chi connectivity index (χ4n) is 4.88. The Labute approximate surface area is 173 Å². The van der Waals surface area contributed by atoms with Crippen LogP contribution in [0.5, 0.6) is 0 Å². The number of hydrogen-bond donors (Lipinski definition) is 3. The zero-order chi connectivity index (χ0) is 20.1. The Hall–Kier alpha value is -3.33. The van der Waals surface area contributed by atoms with E-state index in [1.54, 1.807) is 4.68 Å². The second-order valence-corrected chi connectivity index (χ2v) is 8.35. The van der Waals surface area contributed by atoms with Crippen molar-refractivity contribution in [3.63, 3.8) is 0 Å². The predicted molar refractivity (Wildman–Crippen MR) is 114 cm³/mol. The van der Waals surface area contributed by atoms with E-state index in [1.807, 2.05) is 43.7 Å². The van der Waals surface area contributed by atoms with Crippen molar-refractivity contribution in [2.45, 2.75) is 43.8 Å². The lowest BCUT2D eigenvalue weighted by atomic mass is 10.00. The Morgan fingerprint density at radius 1 is 0.967 bits per heavy atom. The average Bonchev–Trinajstić information content (AvgIpc) is 3.48. The quantitative estimate of drug-likeness (QED) is 0.482. The number of piperidine rings is 1. The number of hydrogen-bond acceptors (Lipinski definition) is 7. The molecule has 1 unspecified atom stereocenters. The molecular weight excluding hydrogens is 378 g/mol. The Morgan fingerprint density at radius 3 is 2.53 bits per heavy atom. The lowest BCUT2D eigenvalue weighted by molar-refractivity contribution is 0.377. The molecule has 9 heteroatoms. The molecule has 0 amide bonds. The van der Waals surface area contributed by atoms with Gasteiger partial charge in [-0.15, -0.1) is 15.3 Å². The van der Waals surface area contributed by atoms with Gasteiger partial charge in [0.25, 0.3) is 0 Å². The molecule has 5 heterocycles. The molecule has 30 heavy (non-hydrogen) atoms. The Bertz CT molecular complexity index is 1180. The molecule has 3 N–H and O–H groups in total. The summed E-state index contributed by atoms with van der Waals surface area (Å²) in [4.78, 5) is 0. The van der Waals surface area contributed by atoms with E-state index in [4.69, 9.17) is 0 Å².